The largest absolute Gasteiger partial charge is 0.332 e. The Morgan fingerprint density at radius 1 is 1.13 bits per heavy atom. The molecule has 1 aliphatic rings. The van der Waals surface area contributed by atoms with E-state index in [9.17, 15) is 9.59 Å². The zero-order chi connectivity index (χ0) is 17.0. The average molecular weight is 318 g/mol. The van der Waals surface area contributed by atoms with Crippen LogP contribution in [0, 0.1) is 0 Å². The van der Waals surface area contributed by atoms with Crippen molar-refractivity contribution in [3.8, 4) is 0 Å². The van der Waals surface area contributed by atoms with Gasteiger partial charge in [-0.1, -0.05) is 32.9 Å². The van der Waals surface area contributed by atoms with Gasteiger partial charge in [0.15, 0.2) is 6.54 Å². The topological polar surface area (TPSA) is 53.9 Å². The molecule has 5 heteroatoms. The first-order valence-electron chi connectivity index (χ1n) is 8.25. The molecule has 0 saturated carbocycles. The molecule has 1 fully saturated rings. The first-order chi connectivity index (χ1) is 10.8. The molecular formula is C18H28N3O2+. The van der Waals surface area contributed by atoms with Crippen LogP contribution in [-0.2, 0) is 15.0 Å². The van der Waals surface area contributed by atoms with Crippen molar-refractivity contribution >= 4 is 17.5 Å². The number of hydrogen-bond donors (Lipinski definition) is 2. The van der Waals surface area contributed by atoms with E-state index in [-0.39, 0.29) is 17.2 Å². The van der Waals surface area contributed by atoms with Crippen LogP contribution in [-0.4, -0.2) is 49.4 Å². The summed E-state index contributed by atoms with van der Waals surface area (Å²) in [5.41, 5.74) is 2.20. The van der Waals surface area contributed by atoms with Crippen molar-refractivity contribution in [2.24, 2.45) is 0 Å². The van der Waals surface area contributed by atoms with Crippen LogP contribution in [0.5, 0.6) is 0 Å². The number of amides is 2. The van der Waals surface area contributed by atoms with Gasteiger partial charge in [-0.15, -0.1) is 0 Å². The number of nitrogens with zero attached hydrogens (tertiary/aromatic N) is 1. The van der Waals surface area contributed by atoms with E-state index in [0.29, 0.717) is 6.54 Å². The summed E-state index contributed by atoms with van der Waals surface area (Å²) in [5, 5.41) is 2.96. The van der Waals surface area contributed by atoms with E-state index in [4.69, 9.17) is 0 Å². The fraction of sp³-hybridized carbons (Fsp3) is 0.556. The molecule has 1 aliphatic heterocycles. The molecule has 2 amide bonds. The number of benzene rings is 1. The van der Waals surface area contributed by atoms with Gasteiger partial charge >= 0.3 is 0 Å². The Balaban J connectivity index is 1.82. The average Bonchev–Trinajstić information content (AvgIpc) is 2.47. The van der Waals surface area contributed by atoms with E-state index in [1.165, 1.54) is 10.5 Å². The number of rotatable bonds is 3. The molecule has 2 N–H and O–H groups in total. The lowest BCUT2D eigenvalue weighted by molar-refractivity contribution is -0.895. The predicted octanol–water partition coefficient (Wildman–Crippen LogP) is 0.670. The SMILES string of the molecule is CC(=O)N1CC[NH+](CC(=O)Nc2ccc(C(C)(C)C)cc2)CC1. The standard InChI is InChI=1S/C18H27N3O2/c1-14(22)21-11-9-20(10-12-21)13-17(23)19-16-7-5-15(6-8-16)18(2,3)4/h5-8H,9-13H2,1-4H3,(H,19,23)/p+1. The third kappa shape index (κ3) is 5.06. The maximum atomic E-state index is 12.2. The van der Waals surface area contributed by atoms with Crippen LogP contribution < -0.4 is 10.2 Å². The summed E-state index contributed by atoms with van der Waals surface area (Å²) < 4.78 is 0. The number of anilines is 1. The van der Waals surface area contributed by atoms with E-state index in [2.05, 4.69) is 38.2 Å². The van der Waals surface area contributed by atoms with Gasteiger partial charge in [-0.25, -0.2) is 0 Å². The molecule has 1 saturated heterocycles. The molecule has 1 aromatic carbocycles. The molecule has 23 heavy (non-hydrogen) atoms. The molecule has 0 aliphatic carbocycles. The number of piperazine rings is 1. The summed E-state index contributed by atoms with van der Waals surface area (Å²) in [6.07, 6.45) is 0. The second kappa shape index (κ2) is 7.13. The van der Waals surface area contributed by atoms with Crippen molar-refractivity contribution in [2.45, 2.75) is 33.1 Å². The first-order valence-corrected chi connectivity index (χ1v) is 8.25. The van der Waals surface area contributed by atoms with E-state index < -0.39 is 0 Å². The monoisotopic (exact) mass is 318 g/mol. The summed E-state index contributed by atoms with van der Waals surface area (Å²) in [6, 6.07) is 8.05. The van der Waals surface area contributed by atoms with Gasteiger partial charge < -0.3 is 15.1 Å². The molecule has 0 radical (unpaired) electrons. The van der Waals surface area contributed by atoms with Crippen molar-refractivity contribution in [2.75, 3.05) is 38.0 Å². The van der Waals surface area contributed by atoms with E-state index in [1.807, 2.05) is 17.0 Å². The highest BCUT2D eigenvalue weighted by Crippen LogP contribution is 2.23. The Hall–Kier alpha value is -1.88. The highest BCUT2D eigenvalue weighted by atomic mass is 16.2. The van der Waals surface area contributed by atoms with Gasteiger partial charge in [-0.2, -0.15) is 0 Å². The van der Waals surface area contributed by atoms with E-state index >= 15 is 0 Å². The van der Waals surface area contributed by atoms with Crippen molar-refractivity contribution in [1.82, 2.24) is 4.90 Å². The summed E-state index contributed by atoms with van der Waals surface area (Å²) in [4.78, 5) is 26.5. The minimum atomic E-state index is 0.0276. The highest BCUT2D eigenvalue weighted by molar-refractivity contribution is 5.91. The minimum Gasteiger partial charge on any atom is -0.332 e. The summed E-state index contributed by atoms with van der Waals surface area (Å²) in [7, 11) is 0. The van der Waals surface area contributed by atoms with Gasteiger partial charge in [0.2, 0.25) is 5.91 Å². The van der Waals surface area contributed by atoms with Crippen LogP contribution in [0.2, 0.25) is 0 Å². The zero-order valence-electron chi connectivity index (χ0n) is 14.6. The Morgan fingerprint density at radius 3 is 2.17 bits per heavy atom. The quantitative estimate of drug-likeness (QED) is 0.861. The van der Waals surface area contributed by atoms with Gasteiger partial charge in [0.05, 0.1) is 26.2 Å². The molecule has 1 aromatic rings. The van der Waals surface area contributed by atoms with Gasteiger partial charge in [0.1, 0.15) is 0 Å². The molecule has 1 heterocycles. The van der Waals surface area contributed by atoms with Gasteiger partial charge in [-0.05, 0) is 23.1 Å². The van der Waals surface area contributed by atoms with E-state index in [1.54, 1.807) is 6.92 Å². The lowest BCUT2D eigenvalue weighted by atomic mass is 9.87. The molecule has 0 atom stereocenters. The summed E-state index contributed by atoms with van der Waals surface area (Å²) in [5.74, 6) is 0.146. The van der Waals surface area contributed by atoms with Gasteiger partial charge in [-0.3, -0.25) is 9.59 Å². The highest BCUT2D eigenvalue weighted by Gasteiger charge is 2.23. The van der Waals surface area contributed by atoms with Crippen LogP contribution in [0.1, 0.15) is 33.3 Å². The Bertz CT molecular complexity index is 553. The molecular weight excluding hydrogens is 290 g/mol. The number of carbonyl (C=O) groups excluding carboxylic acids is 2. The van der Waals surface area contributed by atoms with Crippen molar-refractivity contribution in [3.05, 3.63) is 29.8 Å². The maximum Gasteiger partial charge on any atom is 0.279 e. The van der Waals surface area contributed by atoms with Gasteiger partial charge in [0, 0.05) is 12.6 Å². The fourth-order valence-corrected chi connectivity index (χ4v) is 2.80. The molecule has 0 bridgehead atoms. The summed E-state index contributed by atoms with van der Waals surface area (Å²) in [6.45, 7) is 11.7. The normalized spacial score (nSPS) is 16.3. The number of quaternary nitrogens is 1. The Labute approximate surface area is 138 Å². The molecule has 2 rings (SSSR count). The Kier molecular flexibility index (Phi) is 5.42. The van der Waals surface area contributed by atoms with Crippen molar-refractivity contribution in [1.29, 1.82) is 0 Å². The zero-order valence-corrected chi connectivity index (χ0v) is 14.6. The molecule has 126 valence electrons. The number of hydrogen-bond acceptors (Lipinski definition) is 2. The predicted molar refractivity (Wildman–Crippen MR) is 91.6 cm³/mol. The lowest BCUT2D eigenvalue weighted by Crippen LogP contribution is -3.15. The van der Waals surface area contributed by atoms with Crippen LogP contribution in [0.3, 0.4) is 0 Å². The fourth-order valence-electron chi connectivity index (χ4n) is 2.80. The van der Waals surface area contributed by atoms with Crippen molar-refractivity contribution in [3.63, 3.8) is 0 Å². The maximum absolute atomic E-state index is 12.2. The summed E-state index contributed by atoms with van der Waals surface area (Å²) >= 11 is 0. The molecule has 0 aromatic heterocycles. The third-order valence-electron chi connectivity index (χ3n) is 4.36. The van der Waals surface area contributed by atoms with Crippen LogP contribution >= 0.6 is 0 Å². The van der Waals surface area contributed by atoms with Crippen LogP contribution in [0.4, 0.5) is 5.69 Å². The van der Waals surface area contributed by atoms with Gasteiger partial charge in [0.25, 0.3) is 5.91 Å². The van der Waals surface area contributed by atoms with E-state index in [0.717, 1.165) is 31.9 Å². The number of nitrogens with one attached hydrogen (secondary N) is 2. The number of carbonyl (C=O) groups is 2. The molecule has 5 nitrogen and oxygen atoms in total. The minimum absolute atomic E-state index is 0.0276. The smallest absolute Gasteiger partial charge is 0.279 e. The third-order valence-corrected chi connectivity index (χ3v) is 4.36. The first kappa shape index (κ1) is 17.5. The van der Waals surface area contributed by atoms with Crippen LogP contribution in [0.15, 0.2) is 24.3 Å². The second-order valence-corrected chi connectivity index (χ2v) is 7.31. The second-order valence-electron chi connectivity index (χ2n) is 7.31. The van der Waals surface area contributed by atoms with Crippen LogP contribution in [0.25, 0.3) is 0 Å². The molecule has 0 spiro atoms. The molecule has 0 unspecified atom stereocenters. The Morgan fingerprint density at radius 2 is 1.70 bits per heavy atom. The van der Waals surface area contributed by atoms with Crippen molar-refractivity contribution < 1.29 is 14.5 Å². The lowest BCUT2D eigenvalue weighted by Gasteiger charge is -2.31.